The van der Waals surface area contributed by atoms with Crippen LogP contribution in [0.3, 0.4) is 0 Å². The molecule has 18 heavy (non-hydrogen) atoms. The number of aryl methyl sites for hydroxylation is 1. The molecule has 0 N–H and O–H groups in total. The molecule has 94 valence electrons. The van der Waals surface area contributed by atoms with Gasteiger partial charge in [-0.25, -0.2) is 14.2 Å². The van der Waals surface area contributed by atoms with Crippen LogP contribution in [0, 0.1) is 12.7 Å². The number of methoxy groups -OCH3 is 1. The minimum atomic E-state index is -0.398. The van der Waals surface area contributed by atoms with Gasteiger partial charge in [-0.2, -0.15) is 0 Å². The van der Waals surface area contributed by atoms with Gasteiger partial charge in [-0.3, -0.25) is 0 Å². The molecule has 1 aromatic carbocycles. The largest absolute Gasteiger partial charge is 0.465 e. The first-order valence-corrected chi connectivity index (χ1v) is 6.21. The zero-order valence-electron chi connectivity index (χ0n) is 10.1. The van der Waals surface area contributed by atoms with E-state index < -0.39 is 5.97 Å². The Morgan fingerprint density at radius 1 is 1.44 bits per heavy atom. The number of carbonyl (C=O) groups excluding carboxylic acids is 1. The van der Waals surface area contributed by atoms with Crippen molar-refractivity contribution in [1.29, 1.82) is 0 Å². The van der Waals surface area contributed by atoms with Gasteiger partial charge in [-0.15, -0.1) is 11.3 Å². The van der Waals surface area contributed by atoms with Crippen molar-refractivity contribution in [2.45, 2.75) is 13.3 Å². The van der Waals surface area contributed by atoms with Gasteiger partial charge < -0.3 is 4.74 Å². The van der Waals surface area contributed by atoms with E-state index in [9.17, 15) is 9.18 Å². The average molecular weight is 265 g/mol. The SMILES string of the molecule is COC(=O)c1sc(Cc2ccccc2F)nc1C. The van der Waals surface area contributed by atoms with Crippen molar-refractivity contribution < 1.29 is 13.9 Å². The fraction of sp³-hybridized carbons (Fsp3) is 0.231. The van der Waals surface area contributed by atoms with E-state index in [2.05, 4.69) is 9.72 Å². The minimum absolute atomic E-state index is 0.259. The Labute approximate surface area is 108 Å². The highest BCUT2D eigenvalue weighted by molar-refractivity contribution is 7.13. The Kier molecular flexibility index (Phi) is 3.72. The first-order valence-electron chi connectivity index (χ1n) is 5.40. The third-order valence-corrected chi connectivity index (χ3v) is 3.65. The molecule has 1 heterocycles. The van der Waals surface area contributed by atoms with Crippen LogP contribution in [-0.4, -0.2) is 18.1 Å². The second kappa shape index (κ2) is 5.27. The van der Waals surface area contributed by atoms with Crippen LogP contribution in [0.2, 0.25) is 0 Å². The Balaban J connectivity index is 2.26. The van der Waals surface area contributed by atoms with Crippen LogP contribution in [-0.2, 0) is 11.2 Å². The molecule has 0 aliphatic carbocycles. The first kappa shape index (κ1) is 12.7. The quantitative estimate of drug-likeness (QED) is 0.801. The van der Waals surface area contributed by atoms with Crippen LogP contribution >= 0.6 is 11.3 Å². The van der Waals surface area contributed by atoms with Gasteiger partial charge in [0.05, 0.1) is 17.8 Å². The highest BCUT2D eigenvalue weighted by Crippen LogP contribution is 2.22. The Bertz CT molecular complexity index is 580. The molecule has 1 aromatic heterocycles. The lowest BCUT2D eigenvalue weighted by molar-refractivity contribution is 0.0605. The van der Waals surface area contributed by atoms with Gasteiger partial charge in [0.2, 0.25) is 0 Å². The summed E-state index contributed by atoms with van der Waals surface area (Å²) < 4.78 is 18.2. The lowest BCUT2D eigenvalue weighted by Crippen LogP contribution is -1.99. The van der Waals surface area contributed by atoms with Gasteiger partial charge in [-0.05, 0) is 18.6 Å². The summed E-state index contributed by atoms with van der Waals surface area (Å²) in [5.41, 5.74) is 1.20. The summed E-state index contributed by atoms with van der Waals surface area (Å²) in [6.07, 6.45) is 0.384. The molecule has 0 atom stereocenters. The molecular weight excluding hydrogens is 253 g/mol. The van der Waals surface area contributed by atoms with E-state index in [1.807, 2.05) is 0 Å². The van der Waals surface area contributed by atoms with Crippen LogP contribution in [0.4, 0.5) is 4.39 Å². The molecular formula is C13H12FNO2S. The summed E-state index contributed by atoms with van der Waals surface area (Å²) in [5.74, 6) is -0.658. The summed E-state index contributed by atoms with van der Waals surface area (Å²) in [4.78, 5) is 16.2. The number of hydrogen-bond acceptors (Lipinski definition) is 4. The topological polar surface area (TPSA) is 39.2 Å². The summed E-state index contributed by atoms with van der Waals surface area (Å²) in [5, 5.41) is 0.706. The number of benzene rings is 1. The van der Waals surface area contributed by atoms with Crippen molar-refractivity contribution >= 4 is 17.3 Å². The molecule has 0 radical (unpaired) electrons. The van der Waals surface area contributed by atoms with Crippen molar-refractivity contribution in [3.63, 3.8) is 0 Å². The number of esters is 1. The van der Waals surface area contributed by atoms with Gasteiger partial charge in [0.1, 0.15) is 10.7 Å². The molecule has 0 aliphatic rings. The molecule has 0 aliphatic heterocycles. The van der Waals surface area contributed by atoms with E-state index in [4.69, 9.17) is 0 Å². The van der Waals surface area contributed by atoms with Crippen molar-refractivity contribution in [1.82, 2.24) is 4.98 Å². The molecule has 2 aromatic rings. The molecule has 2 rings (SSSR count). The molecule has 0 bridgehead atoms. The summed E-state index contributed by atoms with van der Waals surface area (Å²) in [6.45, 7) is 1.74. The zero-order valence-corrected chi connectivity index (χ0v) is 10.9. The number of carbonyl (C=O) groups is 1. The average Bonchev–Trinajstić information content (AvgIpc) is 2.72. The predicted molar refractivity (Wildman–Crippen MR) is 67.4 cm³/mol. The minimum Gasteiger partial charge on any atom is -0.465 e. The summed E-state index contributed by atoms with van der Waals surface area (Å²) >= 11 is 1.24. The van der Waals surface area contributed by atoms with Crippen LogP contribution < -0.4 is 0 Å². The van der Waals surface area contributed by atoms with Gasteiger partial charge in [0.25, 0.3) is 0 Å². The number of nitrogens with zero attached hydrogens (tertiary/aromatic N) is 1. The standard InChI is InChI=1S/C13H12FNO2S/c1-8-12(13(16)17-2)18-11(15-8)7-9-5-3-4-6-10(9)14/h3-6H,7H2,1-2H3. The maximum Gasteiger partial charge on any atom is 0.349 e. The zero-order chi connectivity index (χ0) is 13.1. The van der Waals surface area contributed by atoms with Crippen molar-refractivity contribution in [3.05, 3.63) is 51.2 Å². The van der Waals surface area contributed by atoms with Crippen LogP contribution in [0.25, 0.3) is 0 Å². The highest BCUT2D eigenvalue weighted by atomic mass is 32.1. The van der Waals surface area contributed by atoms with Gasteiger partial charge in [0.15, 0.2) is 0 Å². The maximum atomic E-state index is 13.5. The number of ether oxygens (including phenoxy) is 1. The maximum absolute atomic E-state index is 13.5. The lowest BCUT2D eigenvalue weighted by atomic mass is 10.1. The fourth-order valence-electron chi connectivity index (χ4n) is 1.61. The second-order valence-electron chi connectivity index (χ2n) is 3.78. The van der Waals surface area contributed by atoms with Crippen LogP contribution in [0.5, 0.6) is 0 Å². The summed E-state index contributed by atoms with van der Waals surface area (Å²) in [7, 11) is 1.33. The molecule has 0 spiro atoms. The third-order valence-electron chi connectivity index (χ3n) is 2.51. The number of halogens is 1. The van der Waals surface area contributed by atoms with E-state index in [-0.39, 0.29) is 5.82 Å². The van der Waals surface area contributed by atoms with Crippen molar-refractivity contribution in [2.75, 3.05) is 7.11 Å². The highest BCUT2D eigenvalue weighted by Gasteiger charge is 2.16. The van der Waals surface area contributed by atoms with Crippen LogP contribution in [0.15, 0.2) is 24.3 Å². The van der Waals surface area contributed by atoms with E-state index in [1.165, 1.54) is 24.5 Å². The summed E-state index contributed by atoms with van der Waals surface area (Å²) in [6, 6.07) is 6.55. The number of rotatable bonds is 3. The fourth-order valence-corrected chi connectivity index (χ4v) is 2.62. The number of thiazole rings is 1. The van der Waals surface area contributed by atoms with Crippen LogP contribution in [0.1, 0.15) is 25.9 Å². The molecule has 0 saturated carbocycles. The van der Waals surface area contributed by atoms with Gasteiger partial charge in [-0.1, -0.05) is 18.2 Å². The van der Waals surface area contributed by atoms with E-state index in [1.54, 1.807) is 25.1 Å². The lowest BCUT2D eigenvalue weighted by Gasteiger charge is -1.98. The van der Waals surface area contributed by atoms with Gasteiger partial charge in [0, 0.05) is 6.42 Å². The Morgan fingerprint density at radius 3 is 2.83 bits per heavy atom. The number of aromatic nitrogens is 1. The van der Waals surface area contributed by atoms with Crippen molar-refractivity contribution in [2.24, 2.45) is 0 Å². The monoisotopic (exact) mass is 265 g/mol. The van der Waals surface area contributed by atoms with E-state index in [0.717, 1.165) is 0 Å². The Hall–Kier alpha value is -1.75. The number of hydrogen-bond donors (Lipinski definition) is 0. The van der Waals surface area contributed by atoms with Gasteiger partial charge >= 0.3 is 5.97 Å². The Morgan fingerprint density at radius 2 is 2.17 bits per heavy atom. The smallest absolute Gasteiger partial charge is 0.349 e. The normalized spacial score (nSPS) is 10.4. The van der Waals surface area contributed by atoms with E-state index >= 15 is 0 Å². The first-order chi connectivity index (χ1) is 8.61. The van der Waals surface area contributed by atoms with E-state index in [0.29, 0.717) is 27.6 Å². The third kappa shape index (κ3) is 2.56. The molecule has 0 fully saturated rings. The van der Waals surface area contributed by atoms with Crippen molar-refractivity contribution in [3.8, 4) is 0 Å². The molecule has 0 saturated heterocycles. The predicted octanol–water partition coefficient (Wildman–Crippen LogP) is 2.97. The second-order valence-corrected chi connectivity index (χ2v) is 4.87. The molecule has 5 heteroatoms. The molecule has 0 unspecified atom stereocenters. The molecule has 3 nitrogen and oxygen atoms in total. The molecule has 0 amide bonds.